The van der Waals surface area contributed by atoms with Gasteiger partial charge in [0.2, 0.25) is 5.91 Å². The van der Waals surface area contributed by atoms with Crippen LogP contribution in [0.3, 0.4) is 0 Å². The van der Waals surface area contributed by atoms with Gasteiger partial charge < -0.3 is 25.2 Å². The molecule has 41 heavy (non-hydrogen) atoms. The molecule has 2 aromatic heterocycles. The summed E-state index contributed by atoms with van der Waals surface area (Å²) in [4.78, 5) is 32.3. The van der Waals surface area contributed by atoms with Crippen LogP contribution >= 0.6 is 0 Å². The van der Waals surface area contributed by atoms with Gasteiger partial charge in [0.15, 0.2) is 5.82 Å². The number of amides is 1. The molecule has 0 spiro atoms. The Kier molecular flexibility index (Phi) is 8.07. The average molecular weight is 605 g/mol. The van der Waals surface area contributed by atoms with Crippen LogP contribution in [0.5, 0.6) is 0 Å². The second-order valence-corrected chi connectivity index (χ2v) is 11.8. The fourth-order valence-corrected chi connectivity index (χ4v) is 5.18. The van der Waals surface area contributed by atoms with E-state index >= 15 is 0 Å². The number of nitrogens with zero attached hydrogens (tertiary/aromatic N) is 4. The first-order chi connectivity index (χ1) is 18.9. The zero-order chi connectivity index (χ0) is 30.4. The minimum absolute atomic E-state index is 0.00692. The number of alkyl halides is 6. The fourth-order valence-electron chi connectivity index (χ4n) is 4.95. The van der Waals surface area contributed by atoms with Gasteiger partial charge in [-0.1, -0.05) is 0 Å². The molecular weight excluding hydrogens is 576 g/mol. The second kappa shape index (κ2) is 10.8. The van der Waals surface area contributed by atoms with Crippen molar-refractivity contribution in [1.82, 2.24) is 20.1 Å². The number of carbonyl (C=O) groups excluding carboxylic acids is 1. The standard InChI is InChI=1S/C24H28F6N7O3Si/c1-21(2)16-11-36(5-6-37(16)19-14(33-21)8-13(9-31-19)23(25,26)27)17(38)4-7-40-12-22(3,41)34-15-10-32-35-20(39)18(15)24(28,29)30/h8-10,16,33H,4-7,11-12H2,1-3H3,(H2,34,35,39)/t16-,22+/m1/s1. The van der Waals surface area contributed by atoms with Crippen LogP contribution in [0.15, 0.2) is 23.3 Å². The molecule has 2 aliphatic heterocycles. The molecule has 1 amide bonds. The van der Waals surface area contributed by atoms with Crippen LogP contribution in [-0.2, 0) is 21.9 Å². The van der Waals surface area contributed by atoms with Crippen molar-refractivity contribution < 1.29 is 35.9 Å². The lowest BCUT2D eigenvalue weighted by Crippen LogP contribution is -2.66. The molecule has 223 valence electrons. The number of hydrogen-bond donors (Lipinski definition) is 3. The minimum atomic E-state index is -4.91. The number of hydrogen-bond acceptors (Lipinski definition) is 8. The number of aromatic amines is 1. The number of rotatable bonds is 7. The van der Waals surface area contributed by atoms with Crippen molar-refractivity contribution in [2.75, 3.05) is 48.4 Å². The Morgan fingerprint density at radius 3 is 2.56 bits per heavy atom. The Labute approximate surface area is 234 Å². The van der Waals surface area contributed by atoms with E-state index in [0.29, 0.717) is 25.5 Å². The normalized spacial score (nSPS) is 20.0. The summed E-state index contributed by atoms with van der Waals surface area (Å²) in [6.07, 6.45) is -7.80. The molecule has 17 heteroatoms. The molecule has 0 bridgehead atoms. The lowest BCUT2D eigenvalue weighted by molar-refractivity contribution is -0.138. The maximum atomic E-state index is 13.3. The van der Waals surface area contributed by atoms with Crippen LogP contribution < -0.4 is 21.1 Å². The van der Waals surface area contributed by atoms with E-state index in [-0.39, 0.29) is 37.3 Å². The average Bonchev–Trinajstić information content (AvgIpc) is 2.84. The molecule has 3 N–H and O–H groups in total. The van der Waals surface area contributed by atoms with Crippen molar-refractivity contribution >= 4 is 33.3 Å². The van der Waals surface area contributed by atoms with Crippen LogP contribution in [0.25, 0.3) is 0 Å². The molecule has 10 nitrogen and oxygen atoms in total. The summed E-state index contributed by atoms with van der Waals surface area (Å²) in [5.74, 6) is 0.180. The van der Waals surface area contributed by atoms with Gasteiger partial charge in [-0.15, -0.1) is 0 Å². The number of halogens is 6. The van der Waals surface area contributed by atoms with E-state index in [1.54, 1.807) is 10.00 Å². The van der Waals surface area contributed by atoms with Gasteiger partial charge in [0.1, 0.15) is 5.56 Å². The van der Waals surface area contributed by atoms with Crippen LogP contribution in [0.4, 0.5) is 43.5 Å². The number of nitrogens with one attached hydrogen (secondary N) is 3. The molecule has 4 rings (SSSR count). The first kappa shape index (κ1) is 30.6. The lowest BCUT2D eigenvalue weighted by Gasteiger charge is -2.53. The maximum absolute atomic E-state index is 13.3. The third-order valence-electron chi connectivity index (χ3n) is 6.89. The van der Waals surface area contributed by atoms with Gasteiger partial charge in [-0.3, -0.25) is 9.59 Å². The molecular formula is C24H28F6N7O3Si. The Balaban J connectivity index is 1.33. The molecule has 1 fully saturated rings. The van der Waals surface area contributed by atoms with Crippen LogP contribution in [-0.4, -0.2) is 85.8 Å². The first-order valence-corrected chi connectivity index (χ1v) is 13.0. The van der Waals surface area contributed by atoms with E-state index in [1.165, 1.54) is 6.92 Å². The predicted molar refractivity (Wildman–Crippen MR) is 138 cm³/mol. The Bertz CT molecular complexity index is 1350. The summed E-state index contributed by atoms with van der Waals surface area (Å²) in [6.45, 7) is 5.98. The highest BCUT2D eigenvalue weighted by Crippen LogP contribution is 2.41. The maximum Gasteiger partial charge on any atom is 0.423 e. The summed E-state index contributed by atoms with van der Waals surface area (Å²) in [5.41, 5.74) is -4.61. The van der Waals surface area contributed by atoms with Gasteiger partial charge in [-0.05, 0) is 26.8 Å². The number of piperazine rings is 1. The minimum Gasteiger partial charge on any atom is -0.379 e. The molecule has 0 aliphatic carbocycles. The molecule has 2 aromatic rings. The third-order valence-corrected chi connectivity index (χ3v) is 7.16. The Hall–Kier alpha value is -3.34. The number of carbonyl (C=O) groups is 1. The molecule has 0 saturated carbocycles. The van der Waals surface area contributed by atoms with Crippen LogP contribution in [0.1, 0.15) is 38.3 Å². The van der Waals surface area contributed by atoms with Crippen molar-refractivity contribution in [1.29, 1.82) is 0 Å². The van der Waals surface area contributed by atoms with Crippen LogP contribution in [0, 0.1) is 0 Å². The number of H-pyrrole nitrogens is 1. The molecule has 2 atom stereocenters. The molecule has 0 aromatic carbocycles. The quantitative estimate of drug-likeness (QED) is 0.251. The highest BCUT2D eigenvalue weighted by Gasteiger charge is 2.45. The highest BCUT2D eigenvalue weighted by atomic mass is 28.1. The zero-order valence-electron chi connectivity index (χ0n) is 22.3. The van der Waals surface area contributed by atoms with Crippen molar-refractivity contribution in [2.24, 2.45) is 0 Å². The van der Waals surface area contributed by atoms with Crippen molar-refractivity contribution in [2.45, 2.75) is 56.3 Å². The van der Waals surface area contributed by atoms with E-state index in [2.05, 4.69) is 31.0 Å². The van der Waals surface area contributed by atoms with E-state index < -0.39 is 45.4 Å². The van der Waals surface area contributed by atoms with Crippen molar-refractivity contribution in [3.8, 4) is 0 Å². The fraction of sp³-hybridized carbons (Fsp3) is 0.583. The van der Waals surface area contributed by atoms with Gasteiger partial charge in [0, 0.05) is 31.0 Å². The Morgan fingerprint density at radius 2 is 1.90 bits per heavy atom. The number of pyridine rings is 1. The van der Waals surface area contributed by atoms with E-state index in [0.717, 1.165) is 18.5 Å². The molecule has 2 aliphatic rings. The zero-order valence-corrected chi connectivity index (χ0v) is 23.3. The second-order valence-electron chi connectivity index (χ2n) is 10.7. The molecule has 1 saturated heterocycles. The van der Waals surface area contributed by atoms with Crippen LogP contribution in [0.2, 0.25) is 0 Å². The van der Waals surface area contributed by atoms with Gasteiger partial charge in [0.05, 0.1) is 64.6 Å². The van der Waals surface area contributed by atoms with Gasteiger partial charge in [-0.25, -0.2) is 10.1 Å². The predicted octanol–water partition coefficient (Wildman–Crippen LogP) is 2.83. The summed E-state index contributed by atoms with van der Waals surface area (Å²) in [5, 5.41) is 9.63. The Morgan fingerprint density at radius 1 is 1.20 bits per heavy atom. The summed E-state index contributed by atoms with van der Waals surface area (Å²) < 4.78 is 85.1. The number of ether oxygens (including phenoxy) is 1. The summed E-state index contributed by atoms with van der Waals surface area (Å²) in [6, 6.07) is 0.774. The summed E-state index contributed by atoms with van der Waals surface area (Å²) >= 11 is 0. The number of aromatic nitrogens is 3. The van der Waals surface area contributed by atoms with Gasteiger partial charge in [-0.2, -0.15) is 31.4 Å². The first-order valence-electron chi connectivity index (χ1n) is 12.5. The lowest BCUT2D eigenvalue weighted by atomic mass is 9.88. The van der Waals surface area contributed by atoms with E-state index in [4.69, 9.17) is 4.74 Å². The van der Waals surface area contributed by atoms with Gasteiger partial charge >= 0.3 is 12.4 Å². The SMILES string of the molecule is CC1(C)Nc2cc(C(F)(F)F)cnc2N2CCN(C(=O)CCOC[C@](C)([Si])Nc3cn[nH]c(=O)c3C(F)(F)F)C[C@@H]21. The van der Waals surface area contributed by atoms with Gasteiger partial charge in [0.25, 0.3) is 5.56 Å². The van der Waals surface area contributed by atoms with Crippen molar-refractivity contribution in [3.05, 3.63) is 39.9 Å². The third kappa shape index (κ3) is 6.77. The summed E-state index contributed by atoms with van der Waals surface area (Å²) in [7, 11) is 3.31. The molecule has 0 unspecified atom stereocenters. The highest BCUT2D eigenvalue weighted by molar-refractivity contribution is 6.16. The van der Waals surface area contributed by atoms with Crippen molar-refractivity contribution in [3.63, 3.8) is 0 Å². The van der Waals surface area contributed by atoms with E-state index in [9.17, 15) is 35.9 Å². The monoisotopic (exact) mass is 604 g/mol. The number of anilines is 3. The van der Waals surface area contributed by atoms with E-state index in [1.807, 2.05) is 18.7 Å². The molecule has 4 heterocycles. The number of fused-ring (bicyclic) bond motifs is 3. The topological polar surface area (TPSA) is 115 Å². The smallest absolute Gasteiger partial charge is 0.379 e. The molecule has 3 radical (unpaired) electrons. The largest absolute Gasteiger partial charge is 0.423 e.